The van der Waals surface area contributed by atoms with Gasteiger partial charge in [0, 0.05) is 19.5 Å². The summed E-state index contributed by atoms with van der Waals surface area (Å²) in [6, 6.07) is 0. The van der Waals surface area contributed by atoms with Gasteiger partial charge in [0.25, 0.3) is 0 Å². The van der Waals surface area contributed by atoms with Crippen LogP contribution in [0.25, 0.3) is 0 Å². The highest BCUT2D eigenvalue weighted by Crippen LogP contribution is 2.18. The average molecular weight is 197 g/mol. The van der Waals surface area contributed by atoms with Gasteiger partial charge in [-0.1, -0.05) is 6.08 Å². The van der Waals surface area contributed by atoms with Gasteiger partial charge in [-0.05, 0) is 26.7 Å². The second-order valence-corrected chi connectivity index (χ2v) is 4.31. The van der Waals surface area contributed by atoms with Crippen LogP contribution in [0.15, 0.2) is 12.7 Å². The van der Waals surface area contributed by atoms with Crippen LogP contribution in [0.4, 0.5) is 4.79 Å². The van der Waals surface area contributed by atoms with E-state index in [9.17, 15) is 4.79 Å². The zero-order chi connectivity index (χ0) is 10.6. The van der Waals surface area contributed by atoms with Gasteiger partial charge >= 0.3 is 6.09 Å². The van der Waals surface area contributed by atoms with Crippen LogP contribution in [-0.4, -0.2) is 29.7 Å². The molecule has 80 valence electrons. The minimum atomic E-state index is -0.429. The fraction of sp³-hybridized carbons (Fsp3) is 0.727. The van der Waals surface area contributed by atoms with Crippen LogP contribution < -0.4 is 0 Å². The molecule has 0 atom stereocenters. The largest absolute Gasteiger partial charge is 0.443 e. The van der Waals surface area contributed by atoms with E-state index in [-0.39, 0.29) is 6.09 Å². The first-order chi connectivity index (χ1) is 6.55. The zero-order valence-corrected chi connectivity index (χ0v) is 9.08. The van der Waals surface area contributed by atoms with Crippen LogP contribution in [0.1, 0.15) is 33.1 Å². The highest BCUT2D eigenvalue weighted by Gasteiger charge is 2.26. The van der Waals surface area contributed by atoms with Gasteiger partial charge in [0.05, 0.1) is 0 Å². The van der Waals surface area contributed by atoms with Crippen molar-refractivity contribution in [1.29, 1.82) is 0 Å². The zero-order valence-electron chi connectivity index (χ0n) is 9.08. The Kier molecular flexibility index (Phi) is 3.55. The highest BCUT2D eigenvalue weighted by atomic mass is 16.6. The first-order valence-electron chi connectivity index (χ1n) is 5.14. The van der Waals surface area contributed by atoms with Crippen LogP contribution in [0.2, 0.25) is 0 Å². The van der Waals surface area contributed by atoms with Crippen molar-refractivity contribution in [1.82, 2.24) is 4.90 Å². The van der Waals surface area contributed by atoms with E-state index in [0.29, 0.717) is 6.42 Å². The number of hydrogen-bond donors (Lipinski definition) is 0. The summed E-state index contributed by atoms with van der Waals surface area (Å²) in [6.07, 6.45) is 4.46. The number of hydrogen-bond acceptors (Lipinski definition) is 2. The van der Waals surface area contributed by atoms with Gasteiger partial charge in [-0.25, -0.2) is 4.79 Å². The molecule has 0 aromatic rings. The van der Waals surface area contributed by atoms with Crippen molar-refractivity contribution in [3.8, 4) is 0 Å². The summed E-state index contributed by atoms with van der Waals surface area (Å²) in [5.41, 5.74) is -0.429. The van der Waals surface area contributed by atoms with Gasteiger partial charge in [0.2, 0.25) is 0 Å². The molecule has 1 fully saturated rings. The molecule has 0 saturated carbocycles. The summed E-state index contributed by atoms with van der Waals surface area (Å²) in [5.74, 6) is 0. The van der Waals surface area contributed by atoms with Gasteiger partial charge in [-0.15, -0.1) is 6.58 Å². The fourth-order valence-electron chi connectivity index (χ4n) is 1.59. The van der Waals surface area contributed by atoms with Gasteiger partial charge in [-0.2, -0.15) is 0 Å². The minimum absolute atomic E-state index is 0.186. The Morgan fingerprint density at radius 1 is 1.50 bits per heavy atom. The molecule has 1 aliphatic rings. The molecule has 0 unspecified atom stereocenters. The van der Waals surface area contributed by atoms with Crippen molar-refractivity contribution in [3.05, 3.63) is 12.7 Å². The molecule has 0 aliphatic carbocycles. The van der Waals surface area contributed by atoms with Crippen molar-refractivity contribution < 1.29 is 9.53 Å². The Hall–Kier alpha value is -0.990. The second-order valence-electron chi connectivity index (χ2n) is 4.31. The number of amides is 1. The summed E-state index contributed by atoms with van der Waals surface area (Å²) in [4.78, 5) is 13.4. The number of ether oxygens (including phenoxy) is 1. The molecule has 0 bridgehead atoms. The lowest BCUT2D eigenvalue weighted by atomic mass is 10.1. The van der Waals surface area contributed by atoms with Gasteiger partial charge in [-0.3, -0.25) is 0 Å². The van der Waals surface area contributed by atoms with E-state index >= 15 is 0 Å². The van der Waals surface area contributed by atoms with Crippen LogP contribution in [-0.2, 0) is 4.74 Å². The maximum atomic E-state index is 11.6. The number of likely N-dealkylation sites (tertiary alicyclic amines) is 1. The summed E-state index contributed by atoms with van der Waals surface area (Å²) in [7, 11) is 0. The number of rotatable bonds is 3. The molecule has 3 nitrogen and oxygen atoms in total. The van der Waals surface area contributed by atoms with Crippen LogP contribution >= 0.6 is 0 Å². The van der Waals surface area contributed by atoms with E-state index in [1.165, 1.54) is 0 Å². The molecule has 0 spiro atoms. The summed E-state index contributed by atoms with van der Waals surface area (Å²) in [6.45, 7) is 9.13. The number of carbonyl (C=O) groups excluding carboxylic acids is 1. The Morgan fingerprint density at radius 2 is 2.07 bits per heavy atom. The lowest BCUT2D eigenvalue weighted by molar-refractivity contribution is 0.0196. The van der Waals surface area contributed by atoms with Crippen molar-refractivity contribution in [2.75, 3.05) is 13.1 Å². The molecule has 14 heavy (non-hydrogen) atoms. The summed E-state index contributed by atoms with van der Waals surface area (Å²) < 4.78 is 5.38. The van der Waals surface area contributed by atoms with Crippen LogP contribution in [0.5, 0.6) is 0 Å². The van der Waals surface area contributed by atoms with Crippen molar-refractivity contribution in [3.63, 3.8) is 0 Å². The second kappa shape index (κ2) is 4.49. The Balaban J connectivity index is 2.42. The summed E-state index contributed by atoms with van der Waals surface area (Å²) in [5, 5.41) is 0. The van der Waals surface area contributed by atoms with E-state index in [0.717, 1.165) is 25.9 Å². The molecular weight excluding hydrogens is 178 g/mol. The predicted molar refractivity (Wildman–Crippen MR) is 56.2 cm³/mol. The maximum Gasteiger partial charge on any atom is 0.410 e. The lowest BCUT2D eigenvalue weighted by Crippen LogP contribution is -2.36. The van der Waals surface area contributed by atoms with E-state index < -0.39 is 5.60 Å². The smallest absolute Gasteiger partial charge is 0.410 e. The molecule has 0 aromatic carbocycles. The van der Waals surface area contributed by atoms with Crippen molar-refractivity contribution in [2.24, 2.45) is 0 Å². The highest BCUT2D eigenvalue weighted by molar-refractivity contribution is 5.68. The normalized spacial score (nSPS) is 16.9. The average Bonchev–Trinajstić information content (AvgIpc) is 2.53. The molecule has 1 saturated heterocycles. The van der Waals surface area contributed by atoms with Crippen molar-refractivity contribution in [2.45, 2.75) is 38.7 Å². The Labute approximate surface area is 85.7 Å². The third-order valence-corrected chi connectivity index (χ3v) is 2.36. The Morgan fingerprint density at radius 3 is 2.57 bits per heavy atom. The third kappa shape index (κ3) is 3.05. The molecule has 3 heteroatoms. The van der Waals surface area contributed by atoms with E-state index in [4.69, 9.17) is 4.74 Å². The first kappa shape index (κ1) is 11.1. The molecule has 0 aromatic heterocycles. The quantitative estimate of drug-likeness (QED) is 0.651. The number of carbonyl (C=O) groups is 1. The lowest BCUT2D eigenvalue weighted by Gasteiger charge is -2.26. The third-order valence-electron chi connectivity index (χ3n) is 2.36. The molecule has 1 rings (SSSR count). The summed E-state index contributed by atoms with van der Waals surface area (Å²) >= 11 is 0. The van der Waals surface area contributed by atoms with Gasteiger partial charge in [0.15, 0.2) is 0 Å². The molecule has 0 radical (unpaired) electrons. The maximum absolute atomic E-state index is 11.6. The van der Waals surface area contributed by atoms with E-state index in [2.05, 4.69) is 6.58 Å². The van der Waals surface area contributed by atoms with Gasteiger partial charge < -0.3 is 9.64 Å². The standard InChI is InChI=1S/C11H19NO2/c1-4-7-11(2,3)14-10(13)12-8-5-6-9-12/h4H,1,5-9H2,2-3H3. The molecular formula is C11H19NO2. The van der Waals surface area contributed by atoms with Gasteiger partial charge in [0.1, 0.15) is 5.60 Å². The van der Waals surface area contributed by atoms with E-state index in [1.54, 1.807) is 11.0 Å². The van der Waals surface area contributed by atoms with Crippen LogP contribution in [0.3, 0.4) is 0 Å². The topological polar surface area (TPSA) is 29.5 Å². The van der Waals surface area contributed by atoms with Crippen LogP contribution in [0, 0.1) is 0 Å². The van der Waals surface area contributed by atoms with E-state index in [1.807, 2.05) is 13.8 Å². The Bertz CT molecular complexity index is 217. The molecule has 0 N–H and O–H groups in total. The predicted octanol–water partition coefficient (Wildman–Crippen LogP) is 2.57. The molecule has 1 amide bonds. The minimum Gasteiger partial charge on any atom is -0.443 e. The number of nitrogens with zero attached hydrogens (tertiary/aromatic N) is 1. The fourth-order valence-corrected chi connectivity index (χ4v) is 1.59. The first-order valence-corrected chi connectivity index (χ1v) is 5.14. The molecule has 1 aliphatic heterocycles. The molecule has 1 heterocycles. The van der Waals surface area contributed by atoms with Crippen molar-refractivity contribution >= 4 is 6.09 Å². The monoisotopic (exact) mass is 197 g/mol. The SMILES string of the molecule is C=CCC(C)(C)OC(=O)N1CCCC1.